The summed E-state index contributed by atoms with van der Waals surface area (Å²) < 4.78 is 12.7. The number of aromatic nitrogens is 1. The van der Waals surface area contributed by atoms with Gasteiger partial charge < -0.3 is 40.1 Å². The SMILES string of the molecule is CC(C)(C)[Si](C)(C)O[C@@H](CNCc1ccc(NC(=O)c2cccc(CNC(=O)CCN3CCC(OC(=O)Nc4ccccc4-c4ccccc4)CC3)c2)cc1)c1ccc(O)c2[nH]c(=O)ccc12. The highest BCUT2D eigenvalue weighted by Crippen LogP contribution is 2.41. The smallest absolute Gasteiger partial charge is 0.411 e. The van der Waals surface area contributed by atoms with Crippen molar-refractivity contribution in [3.05, 3.63) is 160 Å². The molecule has 2 heterocycles. The molecular weight excluding hydrogens is 861 g/mol. The normalized spacial score (nSPS) is 14.0. The number of piperidine rings is 1. The number of para-hydroxylation sites is 1. The van der Waals surface area contributed by atoms with E-state index in [9.17, 15) is 24.3 Å². The second kappa shape index (κ2) is 21.8. The lowest BCUT2D eigenvalue weighted by atomic mass is 10.0. The Kier molecular flexibility index (Phi) is 15.7. The van der Waals surface area contributed by atoms with Crippen LogP contribution in [0.2, 0.25) is 18.1 Å². The molecular formula is C53H62N6O7Si. The van der Waals surface area contributed by atoms with E-state index in [0.29, 0.717) is 67.9 Å². The Bertz CT molecular complexity index is 2710. The Balaban J connectivity index is 0.835. The maximum atomic E-state index is 13.3. The summed E-state index contributed by atoms with van der Waals surface area (Å²) in [6.45, 7) is 14.4. The molecule has 14 heteroatoms. The second-order valence-corrected chi connectivity index (χ2v) is 23.4. The number of carbonyl (C=O) groups is 3. The Labute approximate surface area is 393 Å². The summed E-state index contributed by atoms with van der Waals surface area (Å²) in [4.78, 5) is 56.1. The van der Waals surface area contributed by atoms with Crippen molar-refractivity contribution in [1.29, 1.82) is 0 Å². The highest BCUT2D eigenvalue weighted by atomic mass is 28.4. The van der Waals surface area contributed by atoms with Gasteiger partial charge in [0, 0.05) is 74.0 Å². The van der Waals surface area contributed by atoms with Crippen LogP contribution in [0.4, 0.5) is 16.2 Å². The van der Waals surface area contributed by atoms with Gasteiger partial charge in [0.1, 0.15) is 11.9 Å². The number of hydrogen-bond acceptors (Lipinski definition) is 9. The van der Waals surface area contributed by atoms with Crippen molar-refractivity contribution in [2.45, 2.75) is 83.5 Å². The molecule has 0 bridgehead atoms. The van der Waals surface area contributed by atoms with Crippen LogP contribution in [0.15, 0.2) is 132 Å². The number of anilines is 2. The van der Waals surface area contributed by atoms with Crippen LogP contribution in [-0.4, -0.2) is 73.5 Å². The highest BCUT2D eigenvalue weighted by molar-refractivity contribution is 6.74. The molecule has 67 heavy (non-hydrogen) atoms. The van der Waals surface area contributed by atoms with E-state index in [2.05, 4.69) is 65.0 Å². The number of phenolic OH excluding ortho intramolecular Hbond substituents is 1. The number of H-pyrrole nitrogens is 1. The molecule has 5 aromatic carbocycles. The maximum Gasteiger partial charge on any atom is 0.411 e. The standard InChI is InChI=1S/C53H62N6O7Si/c1-53(2,3)67(4,5)66-47(43-22-24-46(60)50-44(43)23-25-49(62)58-50)35-54-33-36-18-20-40(21-19-36)56-51(63)39-15-11-12-37(32-39)34-55-48(61)28-31-59-29-26-41(27-30-59)65-52(64)57-45-17-10-9-16-42(45)38-13-7-6-8-14-38/h6-25,32,41,47,54,60H,26-31,33-35H2,1-5H3,(H,55,61)(H,56,63)(H,57,64)(H,58,62)/t47-/m0/s1. The van der Waals surface area contributed by atoms with Gasteiger partial charge in [0.05, 0.1) is 17.3 Å². The van der Waals surface area contributed by atoms with Crippen LogP contribution < -0.4 is 26.8 Å². The first kappa shape index (κ1) is 48.4. The number of ether oxygens (including phenoxy) is 1. The summed E-state index contributed by atoms with van der Waals surface area (Å²) in [5, 5.41) is 23.7. The van der Waals surface area contributed by atoms with Gasteiger partial charge in [0.25, 0.3) is 5.91 Å². The fraction of sp³-hybridized carbons (Fsp3) is 0.321. The largest absolute Gasteiger partial charge is 0.506 e. The number of nitrogens with zero attached hydrogens (tertiary/aromatic N) is 1. The van der Waals surface area contributed by atoms with Gasteiger partial charge in [-0.15, -0.1) is 0 Å². The first-order chi connectivity index (χ1) is 32.1. The molecule has 6 aromatic rings. The third-order valence-electron chi connectivity index (χ3n) is 12.8. The number of rotatable bonds is 17. The number of phenols is 1. The lowest BCUT2D eigenvalue weighted by Crippen LogP contribution is -2.43. The fourth-order valence-corrected chi connectivity index (χ4v) is 9.19. The number of pyridine rings is 1. The van der Waals surface area contributed by atoms with Crippen molar-refractivity contribution in [1.82, 2.24) is 20.5 Å². The van der Waals surface area contributed by atoms with Crippen LogP contribution in [0.5, 0.6) is 5.75 Å². The number of aromatic amines is 1. The van der Waals surface area contributed by atoms with Crippen molar-refractivity contribution in [3.63, 3.8) is 0 Å². The van der Waals surface area contributed by atoms with E-state index >= 15 is 0 Å². The van der Waals surface area contributed by atoms with Gasteiger partial charge in [-0.05, 0) is 95.7 Å². The van der Waals surface area contributed by atoms with Gasteiger partial charge in [-0.1, -0.05) is 99.6 Å². The van der Waals surface area contributed by atoms with E-state index in [1.165, 1.54) is 6.07 Å². The van der Waals surface area contributed by atoms with Gasteiger partial charge in [-0.2, -0.15) is 0 Å². The summed E-state index contributed by atoms with van der Waals surface area (Å²) in [5.41, 5.74) is 6.58. The van der Waals surface area contributed by atoms with Gasteiger partial charge >= 0.3 is 6.09 Å². The third-order valence-corrected chi connectivity index (χ3v) is 17.2. The van der Waals surface area contributed by atoms with E-state index in [-0.39, 0.29) is 40.4 Å². The summed E-state index contributed by atoms with van der Waals surface area (Å²) in [7, 11) is -2.23. The van der Waals surface area contributed by atoms with Crippen molar-refractivity contribution < 1.29 is 28.7 Å². The van der Waals surface area contributed by atoms with Gasteiger partial charge in [-0.25, -0.2) is 4.79 Å². The number of hydrogen-bond donors (Lipinski definition) is 6. The van der Waals surface area contributed by atoms with Crippen molar-refractivity contribution in [2.75, 3.05) is 36.8 Å². The number of amides is 3. The minimum Gasteiger partial charge on any atom is -0.506 e. The molecule has 0 aliphatic carbocycles. The van der Waals surface area contributed by atoms with Crippen LogP contribution in [0.1, 0.15) is 73.2 Å². The molecule has 3 amide bonds. The predicted octanol–water partition coefficient (Wildman–Crippen LogP) is 9.73. The number of carbonyl (C=O) groups excluding carboxylic acids is 3. The van der Waals surface area contributed by atoms with Crippen molar-refractivity contribution in [2.24, 2.45) is 0 Å². The summed E-state index contributed by atoms with van der Waals surface area (Å²) in [6, 6.07) is 39.1. The summed E-state index contributed by atoms with van der Waals surface area (Å²) in [6.07, 6.45) is 0.693. The fourth-order valence-electron chi connectivity index (χ4n) is 7.92. The molecule has 0 radical (unpaired) electrons. The zero-order valence-electron chi connectivity index (χ0n) is 39.0. The zero-order chi connectivity index (χ0) is 47.6. The molecule has 0 spiro atoms. The lowest BCUT2D eigenvalue weighted by Gasteiger charge is -2.39. The summed E-state index contributed by atoms with van der Waals surface area (Å²) >= 11 is 0. The Morgan fingerprint density at radius 1 is 0.821 bits per heavy atom. The van der Waals surface area contributed by atoms with E-state index < -0.39 is 14.4 Å². The number of nitrogens with one attached hydrogen (secondary N) is 5. The molecule has 1 aliphatic rings. The number of aromatic hydroxyl groups is 1. The van der Waals surface area contributed by atoms with Gasteiger partial charge in [-0.3, -0.25) is 19.7 Å². The molecule has 1 aliphatic heterocycles. The molecule has 1 aromatic heterocycles. The van der Waals surface area contributed by atoms with Crippen LogP contribution in [0.25, 0.3) is 22.0 Å². The number of benzene rings is 5. The predicted molar refractivity (Wildman–Crippen MR) is 268 cm³/mol. The molecule has 0 unspecified atom stereocenters. The highest BCUT2D eigenvalue weighted by Gasteiger charge is 2.40. The van der Waals surface area contributed by atoms with Crippen LogP contribution in [-0.2, 0) is 27.0 Å². The van der Waals surface area contributed by atoms with Gasteiger partial charge in [0.15, 0.2) is 8.32 Å². The van der Waals surface area contributed by atoms with Crippen LogP contribution >= 0.6 is 0 Å². The molecule has 0 saturated carbocycles. The zero-order valence-corrected chi connectivity index (χ0v) is 40.0. The Hall–Kier alpha value is -6.58. The van der Waals surface area contributed by atoms with E-state index in [0.717, 1.165) is 46.3 Å². The Morgan fingerprint density at radius 2 is 1.55 bits per heavy atom. The average Bonchev–Trinajstić information content (AvgIpc) is 3.31. The van der Waals surface area contributed by atoms with E-state index in [1.54, 1.807) is 24.3 Å². The monoisotopic (exact) mass is 922 g/mol. The minimum atomic E-state index is -2.23. The molecule has 350 valence electrons. The molecule has 1 fully saturated rings. The first-order valence-electron chi connectivity index (χ1n) is 23.0. The van der Waals surface area contributed by atoms with E-state index in [1.807, 2.05) is 97.1 Å². The average molecular weight is 923 g/mol. The van der Waals surface area contributed by atoms with Crippen LogP contribution in [0, 0.1) is 0 Å². The summed E-state index contributed by atoms with van der Waals surface area (Å²) in [5.74, 6) is -0.326. The maximum absolute atomic E-state index is 13.3. The molecule has 1 atom stereocenters. The van der Waals surface area contributed by atoms with Gasteiger partial charge in [0.2, 0.25) is 11.5 Å². The third kappa shape index (κ3) is 13.1. The topological polar surface area (TPSA) is 174 Å². The minimum absolute atomic E-state index is 0.00869. The molecule has 1 saturated heterocycles. The molecule has 7 rings (SSSR count). The van der Waals surface area contributed by atoms with Crippen molar-refractivity contribution in [3.8, 4) is 16.9 Å². The Morgan fingerprint density at radius 3 is 2.30 bits per heavy atom. The lowest BCUT2D eigenvalue weighted by molar-refractivity contribution is -0.121. The second-order valence-electron chi connectivity index (χ2n) is 18.6. The molecule has 6 N–H and O–H groups in total. The number of likely N-dealkylation sites (tertiary alicyclic amines) is 1. The first-order valence-corrected chi connectivity index (χ1v) is 25.9. The molecule has 13 nitrogen and oxygen atoms in total. The number of fused-ring (bicyclic) bond motifs is 1. The van der Waals surface area contributed by atoms with Crippen LogP contribution in [0.3, 0.4) is 0 Å². The van der Waals surface area contributed by atoms with Crippen molar-refractivity contribution >= 4 is 48.5 Å². The quantitative estimate of drug-likeness (QED) is 0.0487. The van der Waals surface area contributed by atoms with E-state index in [4.69, 9.17) is 9.16 Å².